The standard InChI is InChI=1S/C19H20ClN3O3S/c1-2-3-11-23(19(21)24)18-17(15-12-13(20)9-10-16(15)22-18)27(25,26)14-7-5-4-6-8-14/h4-10,12,22H,2-3,11H2,1H3,(H2,21,24). The maximum atomic E-state index is 13.4. The Kier molecular flexibility index (Phi) is 5.43. The molecule has 0 unspecified atom stereocenters. The number of hydrogen-bond donors (Lipinski definition) is 2. The molecule has 142 valence electrons. The molecule has 1 aromatic heterocycles. The lowest BCUT2D eigenvalue weighted by Crippen LogP contribution is -2.37. The number of nitrogens with one attached hydrogen (secondary N) is 1. The first-order valence-corrected chi connectivity index (χ1v) is 10.4. The third-order valence-electron chi connectivity index (χ3n) is 4.29. The number of urea groups is 1. The zero-order valence-corrected chi connectivity index (χ0v) is 16.3. The van der Waals surface area contributed by atoms with Gasteiger partial charge in [-0.1, -0.05) is 43.1 Å². The molecule has 0 spiro atoms. The fourth-order valence-electron chi connectivity index (χ4n) is 2.95. The van der Waals surface area contributed by atoms with Crippen molar-refractivity contribution in [1.29, 1.82) is 0 Å². The Labute approximate surface area is 162 Å². The van der Waals surface area contributed by atoms with Crippen molar-refractivity contribution in [2.45, 2.75) is 29.6 Å². The highest BCUT2D eigenvalue weighted by Crippen LogP contribution is 2.38. The summed E-state index contributed by atoms with van der Waals surface area (Å²) in [7, 11) is -3.91. The first kappa shape index (κ1) is 19.3. The van der Waals surface area contributed by atoms with Crippen LogP contribution in [0.15, 0.2) is 58.3 Å². The van der Waals surface area contributed by atoms with Crippen molar-refractivity contribution >= 4 is 44.2 Å². The SMILES string of the molecule is CCCCN(C(N)=O)c1[nH]c2ccc(Cl)cc2c1S(=O)(=O)c1ccccc1. The van der Waals surface area contributed by atoms with E-state index in [0.29, 0.717) is 28.9 Å². The molecule has 8 heteroatoms. The number of hydrogen-bond acceptors (Lipinski definition) is 3. The number of aromatic nitrogens is 1. The van der Waals surface area contributed by atoms with E-state index < -0.39 is 15.9 Å². The van der Waals surface area contributed by atoms with E-state index in [0.717, 1.165) is 6.42 Å². The average Bonchev–Trinajstić information content (AvgIpc) is 3.01. The molecule has 0 aliphatic carbocycles. The summed E-state index contributed by atoms with van der Waals surface area (Å²) in [5, 5.41) is 0.820. The minimum absolute atomic E-state index is 0.00102. The number of anilines is 1. The quantitative estimate of drug-likeness (QED) is 0.638. The summed E-state index contributed by atoms with van der Waals surface area (Å²) >= 11 is 6.11. The Bertz CT molecular complexity index is 1080. The summed E-state index contributed by atoms with van der Waals surface area (Å²) < 4.78 is 26.8. The van der Waals surface area contributed by atoms with E-state index in [1.54, 1.807) is 36.4 Å². The van der Waals surface area contributed by atoms with E-state index in [1.807, 2.05) is 6.92 Å². The maximum Gasteiger partial charge on any atom is 0.320 e. The first-order valence-electron chi connectivity index (χ1n) is 8.54. The van der Waals surface area contributed by atoms with Crippen LogP contribution in [-0.2, 0) is 9.84 Å². The normalized spacial score (nSPS) is 11.6. The van der Waals surface area contributed by atoms with Crippen LogP contribution in [-0.4, -0.2) is 26.0 Å². The van der Waals surface area contributed by atoms with Gasteiger partial charge in [-0.2, -0.15) is 0 Å². The molecule has 0 fully saturated rings. The van der Waals surface area contributed by atoms with Crippen LogP contribution in [0.5, 0.6) is 0 Å². The largest absolute Gasteiger partial charge is 0.351 e. The minimum Gasteiger partial charge on any atom is -0.351 e. The number of fused-ring (bicyclic) bond motifs is 1. The lowest BCUT2D eigenvalue weighted by atomic mass is 10.2. The zero-order chi connectivity index (χ0) is 19.6. The predicted octanol–water partition coefficient (Wildman–Crippen LogP) is 4.34. The number of rotatable bonds is 6. The number of amides is 2. The Hall–Kier alpha value is -2.51. The maximum absolute atomic E-state index is 13.4. The molecule has 1 heterocycles. The monoisotopic (exact) mass is 405 g/mol. The van der Waals surface area contributed by atoms with Crippen LogP contribution in [0.2, 0.25) is 5.02 Å². The topological polar surface area (TPSA) is 96.3 Å². The van der Waals surface area contributed by atoms with Gasteiger partial charge in [0.1, 0.15) is 10.7 Å². The smallest absolute Gasteiger partial charge is 0.320 e. The highest BCUT2D eigenvalue weighted by molar-refractivity contribution is 7.92. The number of carbonyl (C=O) groups excluding carboxylic acids is 1. The Morgan fingerprint density at radius 3 is 2.52 bits per heavy atom. The molecule has 0 aliphatic rings. The van der Waals surface area contributed by atoms with Gasteiger partial charge in [-0.15, -0.1) is 0 Å². The molecule has 0 atom stereocenters. The van der Waals surface area contributed by atoms with Gasteiger partial charge in [0.15, 0.2) is 0 Å². The molecule has 0 saturated heterocycles. The second-order valence-corrected chi connectivity index (χ2v) is 8.48. The molecule has 0 aliphatic heterocycles. The van der Waals surface area contributed by atoms with Gasteiger partial charge < -0.3 is 10.7 Å². The first-order chi connectivity index (χ1) is 12.9. The van der Waals surface area contributed by atoms with Crippen LogP contribution >= 0.6 is 11.6 Å². The summed E-state index contributed by atoms with van der Waals surface area (Å²) in [5.74, 6) is 0.164. The van der Waals surface area contributed by atoms with Crippen LogP contribution in [0.25, 0.3) is 10.9 Å². The Balaban J connectivity index is 2.32. The molecule has 0 saturated carbocycles. The zero-order valence-electron chi connectivity index (χ0n) is 14.8. The van der Waals surface area contributed by atoms with Crippen LogP contribution < -0.4 is 10.6 Å². The van der Waals surface area contributed by atoms with Gasteiger partial charge in [-0.25, -0.2) is 13.2 Å². The number of H-pyrrole nitrogens is 1. The highest BCUT2D eigenvalue weighted by atomic mass is 35.5. The molecule has 3 aromatic rings. The van der Waals surface area contributed by atoms with Crippen LogP contribution in [0, 0.1) is 0 Å². The molecular formula is C19H20ClN3O3S. The lowest BCUT2D eigenvalue weighted by Gasteiger charge is -2.20. The van der Waals surface area contributed by atoms with E-state index in [2.05, 4.69) is 4.98 Å². The molecule has 0 radical (unpaired) electrons. The fourth-order valence-corrected chi connectivity index (χ4v) is 4.75. The molecule has 6 nitrogen and oxygen atoms in total. The summed E-state index contributed by atoms with van der Waals surface area (Å²) in [4.78, 5) is 16.5. The van der Waals surface area contributed by atoms with Crippen LogP contribution in [0.4, 0.5) is 10.6 Å². The van der Waals surface area contributed by atoms with Gasteiger partial charge in [0.25, 0.3) is 0 Å². The summed E-state index contributed by atoms with van der Waals surface area (Å²) in [6, 6.07) is 12.3. The van der Waals surface area contributed by atoms with Crippen LogP contribution in [0.3, 0.4) is 0 Å². The summed E-state index contributed by atoms with van der Waals surface area (Å²) in [5.41, 5.74) is 6.12. The number of sulfone groups is 1. The van der Waals surface area contributed by atoms with Crippen molar-refractivity contribution in [1.82, 2.24) is 4.98 Å². The second-order valence-electron chi connectivity index (χ2n) is 6.15. The highest BCUT2D eigenvalue weighted by Gasteiger charge is 2.30. The van der Waals surface area contributed by atoms with Gasteiger partial charge in [0.2, 0.25) is 9.84 Å². The minimum atomic E-state index is -3.91. The summed E-state index contributed by atoms with van der Waals surface area (Å²) in [6.45, 7) is 2.29. The predicted molar refractivity (Wildman–Crippen MR) is 107 cm³/mol. The van der Waals surface area contributed by atoms with Gasteiger partial charge in [0.05, 0.1) is 4.90 Å². The van der Waals surface area contributed by atoms with Crippen molar-refractivity contribution in [3.05, 3.63) is 53.6 Å². The lowest BCUT2D eigenvalue weighted by molar-refractivity contribution is 0.253. The fraction of sp³-hybridized carbons (Fsp3) is 0.211. The number of benzene rings is 2. The van der Waals surface area contributed by atoms with Crippen molar-refractivity contribution in [3.8, 4) is 0 Å². The number of halogens is 1. The molecule has 0 bridgehead atoms. The van der Waals surface area contributed by atoms with E-state index in [-0.39, 0.29) is 15.6 Å². The number of carbonyl (C=O) groups is 1. The molecule has 2 aromatic carbocycles. The third-order valence-corrected chi connectivity index (χ3v) is 6.37. The van der Waals surface area contributed by atoms with Gasteiger partial charge in [-0.3, -0.25) is 4.90 Å². The number of nitrogens with zero attached hydrogens (tertiary/aromatic N) is 1. The Morgan fingerprint density at radius 1 is 1.19 bits per heavy atom. The third kappa shape index (κ3) is 3.65. The van der Waals surface area contributed by atoms with E-state index in [9.17, 15) is 13.2 Å². The van der Waals surface area contributed by atoms with Crippen molar-refractivity contribution < 1.29 is 13.2 Å². The average molecular weight is 406 g/mol. The molecular weight excluding hydrogens is 386 g/mol. The van der Waals surface area contributed by atoms with Crippen molar-refractivity contribution in [2.75, 3.05) is 11.4 Å². The molecule has 3 rings (SSSR count). The number of aromatic amines is 1. The van der Waals surface area contributed by atoms with Crippen molar-refractivity contribution in [2.24, 2.45) is 5.73 Å². The summed E-state index contributed by atoms with van der Waals surface area (Å²) in [6.07, 6.45) is 1.51. The number of primary amides is 1. The number of unbranched alkanes of at least 4 members (excludes halogenated alkanes) is 1. The van der Waals surface area contributed by atoms with E-state index >= 15 is 0 Å². The van der Waals surface area contributed by atoms with Gasteiger partial charge >= 0.3 is 6.03 Å². The Morgan fingerprint density at radius 2 is 1.89 bits per heavy atom. The molecule has 2 amide bonds. The van der Waals surface area contributed by atoms with Crippen molar-refractivity contribution in [3.63, 3.8) is 0 Å². The van der Waals surface area contributed by atoms with Gasteiger partial charge in [0, 0.05) is 22.5 Å². The van der Waals surface area contributed by atoms with E-state index in [4.69, 9.17) is 17.3 Å². The van der Waals surface area contributed by atoms with E-state index in [1.165, 1.54) is 17.0 Å². The van der Waals surface area contributed by atoms with Crippen LogP contribution in [0.1, 0.15) is 19.8 Å². The van der Waals surface area contributed by atoms with Gasteiger partial charge in [-0.05, 0) is 36.8 Å². The molecule has 27 heavy (non-hydrogen) atoms. The second kappa shape index (κ2) is 7.62. The molecule has 3 N–H and O–H groups in total. The number of nitrogens with two attached hydrogens (primary N) is 1.